The minimum atomic E-state index is -0.321. The summed E-state index contributed by atoms with van der Waals surface area (Å²) in [7, 11) is 1.70. The molecule has 2 N–H and O–H groups in total. The fourth-order valence-corrected chi connectivity index (χ4v) is 2.37. The maximum absolute atomic E-state index is 11.4. The summed E-state index contributed by atoms with van der Waals surface area (Å²) >= 11 is 0. The molecule has 5 nitrogen and oxygen atoms in total. The van der Waals surface area contributed by atoms with Gasteiger partial charge < -0.3 is 9.88 Å². The van der Waals surface area contributed by atoms with E-state index < -0.39 is 0 Å². The largest absolute Gasteiger partial charge is 0.328 e. The molecule has 0 aliphatic carbocycles. The van der Waals surface area contributed by atoms with Gasteiger partial charge in [-0.25, -0.2) is 4.79 Å². The smallest absolute Gasteiger partial charge is 0.317 e. The molecule has 1 fully saturated rings. The molecule has 2 rings (SSSR count). The Labute approximate surface area is 99.9 Å². The van der Waals surface area contributed by atoms with Gasteiger partial charge in [0.2, 0.25) is 0 Å². The Hall–Kier alpha value is -1.36. The van der Waals surface area contributed by atoms with Crippen LogP contribution in [0.1, 0.15) is 25.0 Å². The van der Waals surface area contributed by atoms with E-state index in [4.69, 9.17) is 0 Å². The molecule has 1 aromatic heterocycles. The van der Waals surface area contributed by atoms with E-state index >= 15 is 0 Å². The summed E-state index contributed by atoms with van der Waals surface area (Å²) in [5.41, 5.74) is 0.212. The van der Waals surface area contributed by atoms with Crippen molar-refractivity contribution >= 4 is 0 Å². The molecule has 94 valence electrons. The van der Waals surface area contributed by atoms with Gasteiger partial charge in [-0.1, -0.05) is 0 Å². The molecular weight excluding hydrogens is 218 g/mol. The zero-order valence-corrected chi connectivity index (χ0v) is 10.2. The van der Waals surface area contributed by atoms with Gasteiger partial charge in [-0.05, 0) is 44.7 Å². The Morgan fingerprint density at radius 1 is 1.35 bits per heavy atom. The molecule has 0 radical (unpaired) electrons. The quantitative estimate of drug-likeness (QED) is 0.778. The number of rotatable bonds is 3. The molecule has 0 spiro atoms. The zero-order chi connectivity index (χ0) is 12.3. The maximum Gasteiger partial charge on any atom is 0.328 e. The van der Waals surface area contributed by atoms with Crippen LogP contribution in [0.2, 0.25) is 0 Å². The first-order chi connectivity index (χ1) is 8.16. The topological polar surface area (TPSA) is 66.9 Å². The number of nitrogens with zero attached hydrogens (tertiary/aromatic N) is 1. The van der Waals surface area contributed by atoms with Gasteiger partial charge in [-0.3, -0.25) is 9.78 Å². The lowest BCUT2D eigenvalue weighted by Gasteiger charge is -2.22. The third kappa shape index (κ3) is 3.06. The Kier molecular flexibility index (Phi) is 3.78. The lowest BCUT2D eigenvalue weighted by molar-refractivity contribution is 0.352. The van der Waals surface area contributed by atoms with Gasteiger partial charge in [0, 0.05) is 18.8 Å². The Bertz CT molecular complexity index is 483. The third-order valence-electron chi connectivity index (χ3n) is 3.53. The molecule has 0 bridgehead atoms. The van der Waals surface area contributed by atoms with Crippen LogP contribution in [0, 0.1) is 5.92 Å². The van der Waals surface area contributed by atoms with Gasteiger partial charge in [0.25, 0.3) is 5.56 Å². The first-order valence-corrected chi connectivity index (χ1v) is 6.17. The summed E-state index contributed by atoms with van der Waals surface area (Å²) in [6.45, 7) is 2.16. The summed E-state index contributed by atoms with van der Waals surface area (Å²) in [4.78, 5) is 24.9. The van der Waals surface area contributed by atoms with Crippen molar-refractivity contribution in [1.29, 1.82) is 0 Å². The van der Waals surface area contributed by atoms with Crippen molar-refractivity contribution in [2.75, 3.05) is 13.1 Å². The zero-order valence-electron chi connectivity index (χ0n) is 10.2. The van der Waals surface area contributed by atoms with Crippen LogP contribution in [0.4, 0.5) is 0 Å². The van der Waals surface area contributed by atoms with E-state index in [-0.39, 0.29) is 11.2 Å². The summed E-state index contributed by atoms with van der Waals surface area (Å²) in [6.07, 6.45) is 4.24. The van der Waals surface area contributed by atoms with Gasteiger partial charge >= 0.3 is 5.69 Å². The number of nitrogens with one attached hydrogen (secondary N) is 2. The van der Waals surface area contributed by atoms with Crippen molar-refractivity contribution in [2.45, 2.75) is 25.7 Å². The molecule has 0 unspecified atom stereocenters. The highest BCUT2D eigenvalue weighted by molar-refractivity contribution is 5.01. The van der Waals surface area contributed by atoms with Crippen molar-refractivity contribution in [2.24, 2.45) is 13.0 Å². The highest BCUT2D eigenvalue weighted by Gasteiger charge is 2.13. The lowest BCUT2D eigenvalue weighted by atomic mass is 9.92. The minimum absolute atomic E-state index is 0.298. The monoisotopic (exact) mass is 237 g/mol. The van der Waals surface area contributed by atoms with Crippen LogP contribution in [0.5, 0.6) is 0 Å². The van der Waals surface area contributed by atoms with E-state index in [0.29, 0.717) is 5.92 Å². The van der Waals surface area contributed by atoms with E-state index in [1.54, 1.807) is 7.05 Å². The van der Waals surface area contributed by atoms with Gasteiger partial charge in [0.15, 0.2) is 0 Å². The summed E-state index contributed by atoms with van der Waals surface area (Å²) in [5, 5.41) is 3.33. The van der Waals surface area contributed by atoms with Gasteiger partial charge in [0.1, 0.15) is 0 Å². The Morgan fingerprint density at radius 2 is 2.06 bits per heavy atom. The summed E-state index contributed by atoms with van der Waals surface area (Å²) < 4.78 is 1.53. The third-order valence-corrected chi connectivity index (χ3v) is 3.53. The van der Waals surface area contributed by atoms with E-state index in [1.165, 1.54) is 23.5 Å². The SMILES string of the molecule is Cn1c(CCC2CCNCC2)cc(=O)[nH]c1=O. The molecule has 0 aromatic carbocycles. The highest BCUT2D eigenvalue weighted by atomic mass is 16.2. The molecule has 0 atom stereocenters. The van der Waals surface area contributed by atoms with Crippen LogP contribution in [0.3, 0.4) is 0 Å². The standard InChI is InChI=1S/C12H19N3O2/c1-15-10(8-11(16)14-12(15)17)3-2-9-4-6-13-7-5-9/h8-9,13H,2-7H2,1H3,(H,14,16,17). The lowest BCUT2D eigenvalue weighted by Crippen LogP contribution is -2.31. The van der Waals surface area contributed by atoms with Crippen LogP contribution < -0.4 is 16.6 Å². The molecule has 0 amide bonds. The van der Waals surface area contributed by atoms with Crippen molar-refractivity contribution in [3.63, 3.8) is 0 Å². The second kappa shape index (κ2) is 5.31. The second-order valence-corrected chi connectivity index (χ2v) is 4.72. The van der Waals surface area contributed by atoms with Crippen LogP contribution in [-0.2, 0) is 13.5 Å². The van der Waals surface area contributed by atoms with Crippen LogP contribution in [-0.4, -0.2) is 22.6 Å². The second-order valence-electron chi connectivity index (χ2n) is 4.72. The van der Waals surface area contributed by atoms with E-state index in [1.807, 2.05) is 0 Å². The predicted octanol–water partition coefficient (Wildman–Crippen LogP) is 0.00580. The van der Waals surface area contributed by atoms with Crippen LogP contribution in [0.25, 0.3) is 0 Å². The molecular formula is C12H19N3O2. The molecule has 1 aliphatic heterocycles. The maximum atomic E-state index is 11.4. The molecule has 5 heteroatoms. The fourth-order valence-electron chi connectivity index (χ4n) is 2.37. The van der Waals surface area contributed by atoms with E-state index in [2.05, 4.69) is 10.3 Å². The molecule has 2 heterocycles. The number of aromatic amines is 1. The van der Waals surface area contributed by atoms with Crippen LogP contribution in [0.15, 0.2) is 15.7 Å². The van der Waals surface area contributed by atoms with Crippen LogP contribution >= 0.6 is 0 Å². The molecule has 17 heavy (non-hydrogen) atoms. The summed E-state index contributed by atoms with van der Waals surface area (Å²) in [6, 6.07) is 1.53. The highest BCUT2D eigenvalue weighted by Crippen LogP contribution is 2.17. The Morgan fingerprint density at radius 3 is 2.76 bits per heavy atom. The van der Waals surface area contributed by atoms with E-state index in [0.717, 1.165) is 31.6 Å². The van der Waals surface area contributed by atoms with Crippen molar-refractivity contribution < 1.29 is 0 Å². The van der Waals surface area contributed by atoms with E-state index in [9.17, 15) is 9.59 Å². The first kappa shape index (κ1) is 12.1. The average molecular weight is 237 g/mol. The first-order valence-electron chi connectivity index (χ1n) is 6.17. The normalized spacial score (nSPS) is 17.2. The molecule has 1 aliphatic rings. The number of piperidine rings is 1. The molecule has 0 saturated carbocycles. The Balaban J connectivity index is 2.03. The number of aromatic nitrogens is 2. The van der Waals surface area contributed by atoms with Crippen molar-refractivity contribution in [1.82, 2.24) is 14.9 Å². The fraction of sp³-hybridized carbons (Fsp3) is 0.667. The molecule has 1 aromatic rings. The number of H-pyrrole nitrogens is 1. The predicted molar refractivity (Wildman–Crippen MR) is 66.2 cm³/mol. The number of aryl methyl sites for hydroxylation is 1. The van der Waals surface area contributed by atoms with Gasteiger partial charge in [0.05, 0.1) is 0 Å². The minimum Gasteiger partial charge on any atom is -0.317 e. The average Bonchev–Trinajstić information content (AvgIpc) is 2.33. The number of hydrogen-bond acceptors (Lipinski definition) is 3. The van der Waals surface area contributed by atoms with Gasteiger partial charge in [-0.2, -0.15) is 0 Å². The van der Waals surface area contributed by atoms with Crippen molar-refractivity contribution in [3.8, 4) is 0 Å². The van der Waals surface area contributed by atoms with Crippen molar-refractivity contribution in [3.05, 3.63) is 32.6 Å². The van der Waals surface area contributed by atoms with Gasteiger partial charge in [-0.15, -0.1) is 0 Å². The summed E-state index contributed by atoms with van der Waals surface area (Å²) in [5.74, 6) is 0.714. The number of hydrogen-bond donors (Lipinski definition) is 2. The molecule has 1 saturated heterocycles.